The van der Waals surface area contributed by atoms with Crippen molar-refractivity contribution in [2.45, 2.75) is 323 Å². The van der Waals surface area contributed by atoms with E-state index in [2.05, 4.69) is 201 Å². The van der Waals surface area contributed by atoms with E-state index in [-0.39, 0.29) is 0 Å². The number of hydrogen-bond acceptors (Lipinski definition) is 0. The fourth-order valence-electron chi connectivity index (χ4n) is 9.85. The smallest absolute Gasteiger partial charge is 0.0323 e. The Bertz CT molecular complexity index is 959. The van der Waals surface area contributed by atoms with Crippen LogP contribution in [0.3, 0.4) is 0 Å². The molecular formula is C65H138. The quantitative estimate of drug-likeness (QED) is 0.249. The Hall–Kier alpha value is 0. The van der Waals surface area contributed by atoms with Crippen molar-refractivity contribution >= 4 is 0 Å². The van der Waals surface area contributed by atoms with Crippen LogP contribution in [-0.4, -0.2) is 0 Å². The molecule has 5 unspecified atom stereocenters. The van der Waals surface area contributed by atoms with Crippen molar-refractivity contribution in [2.24, 2.45) is 98.6 Å². The zero-order chi connectivity index (χ0) is 51.9. The maximum atomic E-state index is 2.40. The summed E-state index contributed by atoms with van der Waals surface area (Å²) in [6.45, 7) is 67.2. The second-order valence-electron chi connectivity index (χ2n) is 28.0. The van der Waals surface area contributed by atoms with Gasteiger partial charge in [0.25, 0.3) is 0 Å². The average molecular weight is 920 g/mol. The van der Waals surface area contributed by atoms with E-state index in [0.29, 0.717) is 21.7 Å². The van der Waals surface area contributed by atoms with Crippen molar-refractivity contribution in [3.63, 3.8) is 0 Å². The molecular weight excluding hydrogens is 781 g/mol. The molecule has 0 radical (unpaired) electrons. The fraction of sp³-hybridized carbons (Fsp3) is 1.00. The Morgan fingerprint density at radius 1 is 0.446 bits per heavy atom. The summed E-state index contributed by atoms with van der Waals surface area (Å²) >= 11 is 0. The molecule has 0 nitrogen and oxygen atoms in total. The third-order valence-electron chi connectivity index (χ3n) is 18.4. The lowest BCUT2D eigenvalue weighted by molar-refractivity contribution is 0.179. The lowest BCUT2D eigenvalue weighted by Gasteiger charge is -2.31. The molecule has 5 saturated carbocycles. The zero-order valence-corrected chi connectivity index (χ0v) is 51.9. The zero-order valence-electron chi connectivity index (χ0n) is 51.9. The molecule has 0 aromatic heterocycles. The molecule has 65 heavy (non-hydrogen) atoms. The largest absolute Gasteiger partial charge is 0.0654 e. The van der Waals surface area contributed by atoms with Crippen LogP contribution in [0.25, 0.3) is 0 Å². The molecule has 5 aliphatic rings. The second kappa shape index (κ2) is 37.8. The summed E-state index contributed by atoms with van der Waals surface area (Å²) in [5.41, 5.74) is 2.37. The highest BCUT2D eigenvalue weighted by atomic mass is 14.5. The van der Waals surface area contributed by atoms with Crippen molar-refractivity contribution in [1.29, 1.82) is 0 Å². The van der Waals surface area contributed by atoms with Gasteiger partial charge < -0.3 is 0 Å². The van der Waals surface area contributed by atoms with E-state index in [1.165, 1.54) is 122 Å². The highest BCUT2D eigenvalue weighted by molar-refractivity contribution is 4.93. The van der Waals surface area contributed by atoms with Crippen LogP contribution in [0.15, 0.2) is 0 Å². The van der Waals surface area contributed by atoms with Crippen LogP contribution >= 0.6 is 0 Å². The SMILES string of the molecule is CC1C(C)(C)CCC1(C)C.CC1CC(C)C(C)C1.CC1CCC(C)C1C.CC1CCC[C@H]1C.CCC(C)(C)C.CCC(C)CC.CCCC(C)C.CCCC(C)C.C[C@@H]1CCCC1(C)C. The lowest BCUT2D eigenvalue weighted by Crippen LogP contribution is -2.24. The van der Waals surface area contributed by atoms with E-state index >= 15 is 0 Å². The Kier molecular flexibility index (Phi) is 41.6. The summed E-state index contributed by atoms with van der Waals surface area (Å²) < 4.78 is 0. The van der Waals surface area contributed by atoms with Crippen LogP contribution < -0.4 is 0 Å². The first kappa shape index (κ1) is 71.6. The van der Waals surface area contributed by atoms with Crippen molar-refractivity contribution < 1.29 is 0 Å². The molecule has 5 aliphatic carbocycles. The van der Waals surface area contributed by atoms with Crippen molar-refractivity contribution in [2.75, 3.05) is 0 Å². The molecule has 5 rings (SSSR count). The molecule has 0 spiro atoms. The van der Waals surface area contributed by atoms with Gasteiger partial charge in [-0.1, -0.05) is 291 Å². The molecule has 0 aromatic rings. The van der Waals surface area contributed by atoms with Gasteiger partial charge in [-0.3, -0.25) is 0 Å². The first-order valence-corrected chi connectivity index (χ1v) is 29.6. The van der Waals surface area contributed by atoms with Gasteiger partial charge in [-0.15, -0.1) is 0 Å². The van der Waals surface area contributed by atoms with Gasteiger partial charge in [0, 0.05) is 0 Å². The van der Waals surface area contributed by atoms with Crippen LogP contribution in [0, 0.1) is 98.6 Å². The summed E-state index contributed by atoms with van der Waals surface area (Å²) in [7, 11) is 0. The third-order valence-corrected chi connectivity index (χ3v) is 18.4. The molecule has 0 aliphatic heterocycles. The Labute approximate surface area is 419 Å². The molecule has 0 bridgehead atoms. The van der Waals surface area contributed by atoms with Crippen molar-refractivity contribution in [1.82, 2.24) is 0 Å². The van der Waals surface area contributed by atoms with Crippen molar-refractivity contribution in [3.8, 4) is 0 Å². The predicted molar refractivity (Wildman–Crippen MR) is 307 cm³/mol. The second-order valence-corrected chi connectivity index (χ2v) is 28.0. The van der Waals surface area contributed by atoms with Crippen LogP contribution in [0.1, 0.15) is 323 Å². The monoisotopic (exact) mass is 919 g/mol. The Morgan fingerprint density at radius 2 is 0.800 bits per heavy atom. The molecule has 0 heteroatoms. The van der Waals surface area contributed by atoms with Gasteiger partial charge in [0.05, 0.1) is 0 Å². The summed E-state index contributed by atoms with van der Waals surface area (Å²) in [5, 5.41) is 0. The van der Waals surface area contributed by atoms with E-state index in [9.17, 15) is 0 Å². The van der Waals surface area contributed by atoms with E-state index in [1.807, 2.05) is 0 Å². The number of rotatable bonds is 6. The normalized spacial score (nSPS) is 29.3. The highest BCUT2D eigenvalue weighted by Crippen LogP contribution is 2.53. The average Bonchev–Trinajstić information content (AvgIpc) is 3.96. The molecule has 7 atom stereocenters. The number of hydrogen-bond donors (Lipinski definition) is 0. The minimum absolute atomic E-state index is 0.542. The molecule has 0 amide bonds. The molecule has 5 fully saturated rings. The van der Waals surface area contributed by atoms with Crippen LogP contribution in [0.2, 0.25) is 0 Å². The predicted octanol–water partition coefficient (Wildman–Crippen LogP) is 23.9. The maximum absolute atomic E-state index is 2.40. The standard InChI is InChI=1S/C10H20.3C8H16.C7H14.4C6H14/c1-8-9(2,3)6-7-10(8,4)5;1-6-4-7(2)8(3)5-6;1-7-5-4-6-8(7,2)3;1-6-4-5-7(2)8(6)3;1-6-4-3-5-7(6)2;1-5-6(2,3)4;2*1-4-5-6(2)3;1-4-6(3)5-2/h8H,6-7H2,1-5H3;6-8H,4-5H2,1-3H3;7H,4-6H2,1-3H3;6-8H,4-5H2,1-3H3;6-7H,3-5H2,1-2H3;5H2,1-4H3;3*6H,4-5H2,1-3H3/t;;7-;;6-,7?;;;;/m..1.1..../s1. The lowest BCUT2D eigenvalue weighted by atomic mass is 9.74. The molecule has 398 valence electrons. The highest BCUT2D eigenvalue weighted by Gasteiger charge is 2.43. The molecule has 0 saturated heterocycles. The third kappa shape index (κ3) is 38.4. The van der Waals surface area contributed by atoms with Gasteiger partial charge in [0.1, 0.15) is 0 Å². The van der Waals surface area contributed by atoms with Gasteiger partial charge in [-0.05, 0) is 131 Å². The van der Waals surface area contributed by atoms with Gasteiger partial charge in [0.15, 0.2) is 0 Å². The first-order chi connectivity index (χ1) is 29.6. The molecule has 0 N–H and O–H groups in total. The van der Waals surface area contributed by atoms with Crippen molar-refractivity contribution in [3.05, 3.63) is 0 Å². The van der Waals surface area contributed by atoms with Gasteiger partial charge >= 0.3 is 0 Å². The van der Waals surface area contributed by atoms with E-state index in [1.54, 1.807) is 0 Å². The van der Waals surface area contributed by atoms with E-state index < -0.39 is 0 Å². The summed E-state index contributed by atoms with van der Waals surface area (Å²) in [5.74, 6) is 12.5. The topological polar surface area (TPSA) is 0 Å². The Morgan fingerprint density at radius 3 is 0.877 bits per heavy atom. The van der Waals surface area contributed by atoms with Gasteiger partial charge in [-0.25, -0.2) is 0 Å². The minimum Gasteiger partial charge on any atom is -0.0654 e. The molecule has 0 aromatic carbocycles. The summed E-state index contributed by atoms with van der Waals surface area (Å²) in [6.07, 6.45) is 26.8. The fourth-order valence-corrected chi connectivity index (χ4v) is 9.85. The molecule has 0 heterocycles. The van der Waals surface area contributed by atoms with E-state index in [4.69, 9.17) is 0 Å². The Balaban J connectivity index is -0.000000324. The van der Waals surface area contributed by atoms with Crippen LogP contribution in [0.5, 0.6) is 0 Å². The summed E-state index contributed by atoms with van der Waals surface area (Å²) in [6, 6.07) is 0. The van der Waals surface area contributed by atoms with Gasteiger partial charge in [0.2, 0.25) is 0 Å². The minimum atomic E-state index is 0.542. The van der Waals surface area contributed by atoms with Crippen LogP contribution in [0.4, 0.5) is 0 Å². The van der Waals surface area contributed by atoms with E-state index in [0.717, 1.165) is 76.9 Å². The van der Waals surface area contributed by atoms with Crippen LogP contribution in [-0.2, 0) is 0 Å². The maximum Gasteiger partial charge on any atom is -0.0323 e. The van der Waals surface area contributed by atoms with Gasteiger partial charge in [-0.2, -0.15) is 0 Å². The first-order valence-electron chi connectivity index (χ1n) is 29.6. The summed E-state index contributed by atoms with van der Waals surface area (Å²) in [4.78, 5) is 0.